The number of aliphatic hydroxyl groups is 1. The van der Waals surface area contributed by atoms with Crippen molar-refractivity contribution < 1.29 is 9.90 Å². The minimum Gasteiger partial charge on any atom is -0.387 e. The molecule has 0 spiro atoms. The van der Waals surface area contributed by atoms with Gasteiger partial charge in [0.2, 0.25) is 5.91 Å². The van der Waals surface area contributed by atoms with Crippen LogP contribution >= 0.6 is 23.2 Å². The first-order chi connectivity index (χ1) is 10.6. The van der Waals surface area contributed by atoms with Gasteiger partial charge in [0.05, 0.1) is 11.5 Å². The summed E-state index contributed by atoms with van der Waals surface area (Å²) < 4.78 is 0. The Morgan fingerprint density at radius 2 is 2.00 bits per heavy atom. The SMILES string of the molecule is O=C(NCC(O)c1ccc(Cl)cc1)C1NNC(C2CC2)C1Cl. The summed E-state index contributed by atoms with van der Waals surface area (Å²) in [6, 6.07) is 6.55. The fourth-order valence-electron chi connectivity index (χ4n) is 2.71. The molecule has 4 atom stereocenters. The van der Waals surface area contributed by atoms with Gasteiger partial charge in [-0.1, -0.05) is 23.7 Å². The Bertz CT molecular complexity index is 536. The average molecular weight is 344 g/mol. The second kappa shape index (κ2) is 6.72. The van der Waals surface area contributed by atoms with Gasteiger partial charge >= 0.3 is 0 Å². The summed E-state index contributed by atoms with van der Waals surface area (Å²) in [7, 11) is 0. The molecule has 1 aromatic carbocycles. The summed E-state index contributed by atoms with van der Waals surface area (Å²) in [6.45, 7) is 0.135. The van der Waals surface area contributed by atoms with Gasteiger partial charge < -0.3 is 10.4 Å². The molecule has 0 aromatic heterocycles. The highest BCUT2D eigenvalue weighted by Gasteiger charge is 2.45. The van der Waals surface area contributed by atoms with Gasteiger partial charge in [-0.25, -0.2) is 5.43 Å². The van der Waals surface area contributed by atoms with E-state index in [0.29, 0.717) is 16.5 Å². The Hall–Kier alpha value is -0.850. The maximum Gasteiger partial charge on any atom is 0.240 e. The zero-order valence-electron chi connectivity index (χ0n) is 11.9. The van der Waals surface area contributed by atoms with Crippen molar-refractivity contribution in [3.63, 3.8) is 0 Å². The summed E-state index contributed by atoms with van der Waals surface area (Å²) in [5.74, 6) is 0.358. The van der Waals surface area contributed by atoms with Gasteiger partial charge in [0.15, 0.2) is 0 Å². The molecule has 5 nitrogen and oxygen atoms in total. The molecular formula is C15H19Cl2N3O2. The van der Waals surface area contributed by atoms with Gasteiger partial charge in [0.1, 0.15) is 6.04 Å². The monoisotopic (exact) mass is 343 g/mol. The maximum absolute atomic E-state index is 12.2. The molecule has 1 saturated heterocycles. The lowest BCUT2D eigenvalue weighted by atomic mass is 10.0. The number of carbonyl (C=O) groups excluding carboxylic acids is 1. The van der Waals surface area contributed by atoms with Crippen LogP contribution in [0.5, 0.6) is 0 Å². The molecule has 1 aliphatic carbocycles. The van der Waals surface area contributed by atoms with Gasteiger partial charge in [-0.15, -0.1) is 11.6 Å². The summed E-state index contributed by atoms with van der Waals surface area (Å²) in [5.41, 5.74) is 6.77. The predicted octanol–water partition coefficient (Wildman–Crippen LogP) is 1.35. The largest absolute Gasteiger partial charge is 0.387 e. The number of hydrogen-bond acceptors (Lipinski definition) is 4. The van der Waals surface area contributed by atoms with Crippen molar-refractivity contribution in [1.82, 2.24) is 16.2 Å². The number of benzene rings is 1. The smallest absolute Gasteiger partial charge is 0.240 e. The highest BCUT2D eigenvalue weighted by atomic mass is 35.5. The van der Waals surface area contributed by atoms with E-state index in [-0.39, 0.29) is 23.9 Å². The fourth-order valence-corrected chi connectivity index (χ4v) is 3.28. The first-order valence-corrected chi connectivity index (χ1v) is 8.24. The molecule has 4 N–H and O–H groups in total. The van der Waals surface area contributed by atoms with Crippen molar-refractivity contribution >= 4 is 29.1 Å². The Labute approximate surface area is 139 Å². The number of amides is 1. The molecule has 1 heterocycles. The lowest BCUT2D eigenvalue weighted by Crippen LogP contribution is -2.47. The molecule has 2 aliphatic rings. The summed E-state index contributed by atoms with van der Waals surface area (Å²) in [6.07, 6.45) is 1.54. The molecule has 1 aromatic rings. The standard InChI is InChI=1S/C15H19Cl2N3O2/c16-10-5-3-8(4-6-10)11(21)7-18-15(22)14-12(17)13(19-20-14)9-1-2-9/h3-6,9,11-14,19-21H,1-2,7H2,(H,18,22). The van der Waals surface area contributed by atoms with Crippen LogP contribution in [0.1, 0.15) is 24.5 Å². The number of alkyl halides is 1. The zero-order valence-corrected chi connectivity index (χ0v) is 13.4. The topological polar surface area (TPSA) is 73.4 Å². The lowest BCUT2D eigenvalue weighted by molar-refractivity contribution is -0.123. The zero-order chi connectivity index (χ0) is 15.7. The molecule has 1 aliphatic heterocycles. The van der Waals surface area contributed by atoms with Gasteiger partial charge in [-0.2, -0.15) is 0 Å². The van der Waals surface area contributed by atoms with Crippen molar-refractivity contribution in [3.05, 3.63) is 34.9 Å². The quantitative estimate of drug-likeness (QED) is 0.609. The van der Waals surface area contributed by atoms with Crippen LogP contribution in [0.2, 0.25) is 5.02 Å². The number of aliphatic hydroxyl groups excluding tert-OH is 1. The van der Waals surface area contributed by atoms with E-state index in [9.17, 15) is 9.90 Å². The Balaban J connectivity index is 1.50. The first-order valence-electron chi connectivity index (χ1n) is 7.42. The normalized spacial score (nSPS) is 29.3. The molecular weight excluding hydrogens is 325 g/mol. The molecule has 1 saturated carbocycles. The molecule has 120 valence electrons. The summed E-state index contributed by atoms with van der Waals surface area (Å²) >= 11 is 12.2. The van der Waals surface area contributed by atoms with Gasteiger partial charge in [-0.3, -0.25) is 10.2 Å². The van der Waals surface area contributed by atoms with E-state index >= 15 is 0 Å². The second-order valence-electron chi connectivity index (χ2n) is 5.89. The van der Waals surface area contributed by atoms with Crippen molar-refractivity contribution in [2.75, 3.05) is 6.54 Å². The van der Waals surface area contributed by atoms with Crippen LogP contribution < -0.4 is 16.2 Å². The van der Waals surface area contributed by atoms with Crippen LogP contribution in [0.15, 0.2) is 24.3 Å². The van der Waals surface area contributed by atoms with E-state index in [1.54, 1.807) is 24.3 Å². The molecule has 1 amide bonds. The Morgan fingerprint density at radius 1 is 1.32 bits per heavy atom. The molecule has 7 heteroatoms. The van der Waals surface area contributed by atoms with E-state index in [1.807, 2.05) is 0 Å². The van der Waals surface area contributed by atoms with Gasteiger partial charge in [0, 0.05) is 17.6 Å². The van der Waals surface area contributed by atoms with Gasteiger partial charge in [0.25, 0.3) is 0 Å². The van der Waals surface area contributed by atoms with Crippen molar-refractivity contribution in [1.29, 1.82) is 0 Å². The van der Waals surface area contributed by atoms with Crippen molar-refractivity contribution in [3.8, 4) is 0 Å². The van der Waals surface area contributed by atoms with Crippen molar-refractivity contribution in [2.24, 2.45) is 5.92 Å². The lowest BCUT2D eigenvalue weighted by Gasteiger charge is -2.17. The second-order valence-corrected chi connectivity index (χ2v) is 6.83. The Morgan fingerprint density at radius 3 is 2.64 bits per heavy atom. The predicted molar refractivity (Wildman–Crippen MR) is 85.6 cm³/mol. The molecule has 3 rings (SSSR count). The van der Waals surface area contributed by atoms with Crippen LogP contribution in [0, 0.1) is 5.92 Å². The summed E-state index contributed by atoms with van der Waals surface area (Å²) in [4.78, 5) is 12.2. The Kier molecular flexibility index (Phi) is 4.90. The van der Waals surface area contributed by atoms with E-state index in [0.717, 1.165) is 12.8 Å². The highest BCUT2D eigenvalue weighted by molar-refractivity contribution is 6.30. The van der Waals surface area contributed by atoms with Gasteiger partial charge in [-0.05, 0) is 36.5 Å². The highest BCUT2D eigenvalue weighted by Crippen LogP contribution is 2.37. The molecule has 0 bridgehead atoms. The average Bonchev–Trinajstić information content (AvgIpc) is 3.28. The van der Waals surface area contributed by atoms with E-state index in [1.165, 1.54) is 0 Å². The third kappa shape index (κ3) is 3.55. The minimum atomic E-state index is -0.774. The fraction of sp³-hybridized carbons (Fsp3) is 0.533. The minimum absolute atomic E-state index is 0.135. The maximum atomic E-state index is 12.2. The summed E-state index contributed by atoms with van der Waals surface area (Å²) in [5, 5.41) is 13.2. The third-order valence-electron chi connectivity index (χ3n) is 4.20. The van der Waals surface area contributed by atoms with Crippen LogP contribution in [0.25, 0.3) is 0 Å². The van der Waals surface area contributed by atoms with E-state index in [4.69, 9.17) is 23.2 Å². The van der Waals surface area contributed by atoms with E-state index in [2.05, 4.69) is 16.2 Å². The molecule has 2 fully saturated rings. The van der Waals surface area contributed by atoms with E-state index < -0.39 is 12.1 Å². The number of hydrazine groups is 1. The number of rotatable bonds is 5. The van der Waals surface area contributed by atoms with Crippen LogP contribution in [0.4, 0.5) is 0 Å². The molecule has 22 heavy (non-hydrogen) atoms. The number of nitrogens with one attached hydrogen (secondary N) is 3. The first kappa shape index (κ1) is 16.0. The van der Waals surface area contributed by atoms with Crippen LogP contribution in [-0.4, -0.2) is 35.0 Å². The third-order valence-corrected chi connectivity index (χ3v) is 4.98. The van der Waals surface area contributed by atoms with Crippen LogP contribution in [0.3, 0.4) is 0 Å². The van der Waals surface area contributed by atoms with Crippen molar-refractivity contribution in [2.45, 2.75) is 36.4 Å². The molecule has 4 unspecified atom stereocenters. The number of halogens is 2. The number of carbonyl (C=O) groups is 1. The number of hydrogen-bond donors (Lipinski definition) is 4. The van der Waals surface area contributed by atoms with Crippen LogP contribution in [-0.2, 0) is 4.79 Å². The molecule has 0 radical (unpaired) electrons.